The Morgan fingerprint density at radius 3 is 2.76 bits per heavy atom. The highest BCUT2D eigenvalue weighted by atomic mass is 19.2. The van der Waals surface area contributed by atoms with E-state index in [1.165, 1.54) is 6.07 Å². The number of aryl methyl sites for hydroxylation is 2. The number of amides is 1. The van der Waals surface area contributed by atoms with Gasteiger partial charge in [0.05, 0.1) is 17.0 Å². The van der Waals surface area contributed by atoms with Gasteiger partial charge < -0.3 is 9.42 Å². The molecule has 4 rings (SSSR count). The number of hydrogen-bond acceptors (Lipinski definition) is 5. The summed E-state index contributed by atoms with van der Waals surface area (Å²) in [5.74, 6) is -1.14. The molecule has 2 aromatic heterocycles. The Kier molecular flexibility index (Phi) is 5.08. The third-order valence-corrected chi connectivity index (χ3v) is 5.09. The Hall–Kier alpha value is -3.16. The summed E-state index contributed by atoms with van der Waals surface area (Å²) in [5.41, 5.74) is 2.44. The Morgan fingerprint density at radius 2 is 2.03 bits per heavy atom. The van der Waals surface area contributed by atoms with Gasteiger partial charge in [-0.1, -0.05) is 5.16 Å². The topological polar surface area (TPSA) is 72.1 Å². The van der Waals surface area contributed by atoms with Crippen LogP contribution in [0.3, 0.4) is 0 Å². The molecule has 3 heterocycles. The van der Waals surface area contributed by atoms with Crippen LogP contribution in [-0.4, -0.2) is 39.0 Å². The standard InChI is InChI=1S/C21H20F2N4O2/c1-12-8-19(29-26-12)16-10-24-13(2)25-20(16)15-4-3-7-27(11-15)21(28)14-5-6-17(22)18(23)9-14/h5-6,8-10,15H,3-4,7,11H2,1-2H3. The number of benzene rings is 1. The summed E-state index contributed by atoms with van der Waals surface area (Å²) >= 11 is 0. The molecule has 8 heteroatoms. The molecule has 0 radical (unpaired) electrons. The zero-order chi connectivity index (χ0) is 20.5. The molecule has 1 amide bonds. The van der Waals surface area contributed by atoms with Crippen molar-refractivity contribution in [1.29, 1.82) is 0 Å². The number of halogens is 2. The van der Waals surface area contributed by atoms with Crippen molar-refractivity contribution in [3.8, 4) is 11.3 Å². The minimum absolute atomic E-state index is 0.0277. The lowest BCUT2D eigenvalue weighted by Gasteiger charge is -2.33. The van der Waals surface area contributed by atoms with Gasteiger partial charge in [0, 0.05) is 36.8 Å². The van der Waals surface area contributed by atoms with Gasteiger partial charge in [-0.2, -0.15) is 0 Å². The van der Waals surface area contributed by atoms with Crippen LogP contribution in [0.25, 0.3) is 11.3 Å². The van der Waals surface area contributed by atoms with Crippen molar-refractivity contribution in [1.82, 2.24) is 20.0 Å². The van der Waals surface area contributed by atoms with E-state index in [1.54, 1.807) is 11.1 Å². The maximum atomic E-state index is 13.6. The Balaban J connectivity index is 1.62. The molecule has 1 aromatic carbocycles. The molecular weight excluding hydrogens is 378 g/mol. The molecule has 0 bridgehead atoms. The van der Waals surface area contributed by atoms with Crippen LogP contribution in [0.2, 0.25) is 0 Å². The molecule has 1 fully saturated rings. The number of carbonyl (C=O) groups is 1. The predicted octanol–water partition coefficient (Wildman–Crippen LogP) is 4.05. The van der Waals surface area contributed by atoms with Crippen LogP contribution in [0.5, 0.6) is 0 Å². The molecule has 6 nitrogen and oxygen atoms in total. The van der Waals surface area contributed by atoms with Crippen molar-refractivity contribution in [3.63, 3.8) is 0 Å². The summed E-state index contributed by atoms with van der Waals surface area (Å²) in [6.45, 7) is 4.63. The van der Waals surface area contributed by atoms with E-state index < -0.39 is 11.6 Å². The number of rotatable bonds is 3. The van der Waals surface area contributed by atoms with E-state index in [-0.39, 0.29) is 17.4 Å². The average molecular weight is 398 g/mol. The van der Waals surface area contributed by atoms with Crippen LogP contribution in [0.4, 0.5) is 8.78 Å². The number of carbonyl (C=O) groups excluding carboxylic acids is 1. The number of piperidine rings is 1. The predicted molar refractivity (Wildman–Crippen MR) is 101 cm³/mol. The first-order valence-electron chi connectivity index (χ1n) is 9.44. The molecule has 1 atom stereocenters. The van der Waals surface area contributed by atoms with Crippen LogP contribution < -0.4 is 0 Å². The quantitative estimate of drug-likeness (QED) is 0.666. The van der Waals surface area contributed by atoms with Gasteiger partial charge in [0.2, 0.25) is 0 Å². The molecule has 0 spiro atoms. The zero-order valence-corrected chi connectivity index (χ0v) is 16.2. The van der Waals surface area contributed by atoms with E-state index in [0.29, 0.717) is 24.7 Å². The Morgan fingerprint density at radius 1 is 1.21 bits per heavy atom. The van der Waals surface area contributed by atoms with Crippen molar-refractivity contribution in [2.75, 3.05) is 13.1 Å². The zero-order valence-electron chi connectivity index (χ0n) is 16.2. The molecule has 1 unspecified atom stereocenters. The third kappa shape index (κ3) is 3.87. The maximum Gasteiger partial charge on any atom is 0.253 e. The first-order valence-corrected chi connectivity index (χ1v) is 9.44. The monoisotopic (exact) mass is 398 g/mol. The minimum Gasteiger partial charge on any atom is -0.356 e. The van der Waals surface area contributed by atoms with Crippen LogP contribution in [0.1, 0.15) is 46.3 Å². The van der Waals surface area contributed by atoms with E-state index in [2.05, 4.69) is 15.1 Å². The molecule has 0 saturated carbocycles. The van der Waals surface area contributed by atoms with Crippen LogP contribution in [-0.2, 0) is 0 Å². The van der Waals surface area contributed by atoms with Gasteiger partial charge in [0.25, 0.3) is 5.91 Å². The van der Waals surface area contributed by atoms with Crippen molar-refractivity contribution in [2.45, 2.75) is 32.6 Å². The first-order chi connectivity index (χ1) is 13.9. The fraction of sp³-hybridized carbons (Fsp3) is 0.333. The lowest BCUT2D eigenvalue weighted by Crippen LogP contribution is -2.39. The highest BCUT2D eigenvalue weighted by molar-refractivity contribution is 5.94. The Labute approximate surface area is 166 Å². The minimum atomic E-state index is -1.03. The van der Waals surface area contributed by atoms with E-state index in [0.717, 1.165) is 41.9 Å². The first kappa shape index (κ1) is 19.2. The summed E-state index contributed by atoms with van der Waals surface area (Å²) in [5, 5.41) is 3.94. The molecule has 0 aliphatic carbocycles. The number of nitrogens with zero attached hydrogens (tertiary/aromatic N) is 4. The van der Waals surface area contributed by atoms with Gasteiger partial charge in [-0.15, -0.1) is 0 Å². The normalized spacial score (nSPS) is 16.8. The van der Waals surface area contributed by atoms with E-state index in [1.807, 2.05) is 19.9 Å². The van der Waals surface area contributed by atoms with Crippen LogP contribution >= 0.6 is 0 Å². The molecular formula is C21H20F2N4O2. The molecule has 1 aliphatic heterocycles. The SMILES string of the molecule is Cc1cc(-c2cnc(C)nc2C2CCCN(C(=O)c3ccc(F)c(F)c3)C2)on1. The smallest absolute Gasteiger partial charge is 0.253 e. The van der Waals surface area contributed by atoms with E-state index in [9.17, 15) is 13.6 Å². The number of likely N-dealkylation sites (tertiary alicyclic amines) is 1. The molecule has 1 saturated heterocycles. The summed E-state index contributed by atoms with van der Waals surface area (Å²) in [6, 6.07) is 5.05. The second-order valence-corrected chi connectivity index (χ2v) is 7.27. The van der Waals surface area contributed by atoms with Crippen molar-refractivity contribution >= 4 is 5.91 Å². The van der Waals surface area contributed by atoms with Gasteiger partial charge >= 0.3 is 0 Å². The molecule has 150 valence electrons. The van der Waals surface area contributed by atoms with Crippen molar-refractivity contribution < 1.29 is 18.1 Å². The second kappa shape index (κ2) is 7.69. The molecule has 3 aromatic rings. The summed E-state index contributed by atoms with van der Waals surface area (Å²) in [6.07, 6.45) is 3.34. The molecule has 29 heavy (non-hydrogen) atoms. The highest BCUT2D eigenvalue weighted by Crippen LogP contribution is 2.33. The highest BCUT2D eigenvalue weighted by Gasteiger charge is 2.29. The average Bonchev–Trinajstić information content (AvgIpc) is 3.15. The van der Waals surface area contributed by atoms with Gasteiger partial charge in [0.15, 0.2) is 17.4 Å². The van der Waals surface area contributed by atoms with E-state index >= 15 is 0 Å². The fourth-order valence-corrected chi connectivity index (χ4v) is 3.68. The maximum absolute atomic E-state index is 13.6. The number of aromatic nitrogens is 3. The number of hydrogen-bond donors (Lipinski definition) is 0. The largest absolute Gasteiger partial charge is 0.356 e. The molecule has 0 N–H and O–H groups in total. The fourth-order valence-electron chi connectivity index (χ4n) is 3.68. The van der Waals surface area contributed by atoms with E-state index in [4.69, 9.17) is 4.52 Å². The molecule has 1 aliphatic rings. The Bertz CT molecular complexity index is 1070. The van der Waals surface area contributed by atoms with Crippen LogP contribution in [0, 0.1) is 25.5 Å². The third-order valence-electron chi connectivity index (χ3n) is 5.09. The second-order valence-electron chi connectivity index (χ2n) is 7.27. The lowest BCUT2D eigenvalue weighted by atomic mass is 9.91. The summed E-state index contributed by atoms with van der Waals surface area (Å²) in [4.78, 5) is 23.4. The summed E-state index contributed by atoms with van der Waals surface area (Å²) in [7, 11) is 0. The van der Waals surface area contributed by atoms with Gasteiger partial charge in [-0.25, -0.2) is 18.7 Å². The van der Waals surface area contributed by atoms with Gasteiger partial charge in [0.1, 0.15) is 5.82 Å². The lowest BCUT2D eigenvalue weighted by molar-refractivity contribution is 0.0705. The van der Waals surface area contributed by atoms with Gasteiger partial charge in [-0.3, -0.25) is 4.79 Å². The van der Waals surface area contributed by atoms with Crippen molar-refractivity contribution in [3.05, 3.63) is 64.9 Å². The summed E-state index contributed by atoms with van der Waals surface area (Å²) < 4.78 is 32.2. The van der Waals surface area contributed by atoms with Gasteiger partial charge in [-0.05, 0) is 44.9 Å². The van der Waals surface area contributed by atoms with Crippen LogP contribution in [0.15, 0.2) is 35.0 Å². The van der Waals surface area contributed by atoms with Crippen molar-refractivity contribution in [2.24, 2.45) is 0 Å².